The quantitative estimate of drug-likeness (QED) is 0.794. The number of nitrogens with zero attached hydrogens (tertiary/aromatic N) is 2. The molecule has 1 atom stereocenters. The van der Waals surface area contributed by atoms with Gasteiger partial charge in [-0.05, 0) is 50.7 Å². The molecule has 0 saturated carbocycles. The molecular formula is C18H26N4. The zero-order valence-corrected chi connectivity index (χ0v) is 14.0. The Hall–Kier alpha value is -1.94. The summed E-state index contributed by atoms with van der Waals surface area (Å²) in [6, 6.07) is 2.42. The Balaban J connectivity index is 2.04. The molecule has 2 rings (SSSR count). The summed E-state index contributed by atoms with van der Waals surface area (Å²) in [7, 11) is 1.96. The summed E-state index contributed by atoms with van der Waals surface area (Å²) in [4.78, 5) is 9.15. The third-order valence-electron chi connectivity index (χ3n) is 3.90. The standard InChI is InChI=1S/C18H26N4/c1-5-6-17-13(2)9-15(11-22-17)10-20-12-16-14(3)21-8-7-18(16)19-4/h7-9,11-12,18-19,21H,5-6,10H2,1-4H3. The van der Waals surface area contributed by atoms with E-state index < -0.39 is 0 Å². The van der Waals surface area contributed by atoms with Crippen molar-refractivity contribution in [1.29, 1.82) is 0 Å². The predicted octanol–water partition coefficient (Wildman–Crippen LogP) is 2.89. The monoisotopic (exact) mass is 298 g/mol. The van der Waals surface area contributed by atoms with Crippen LogP contribution in [0.25, 0.3) is 0 Å². The topological polar surface area (TPSA) is 49.3 Å². The van der Waals surface area contributed by atoms with Crippen LogP contribution in [0, 0.1) is 6.92 Å². The lowest BCUT2D eigenvalue weighted by Crippen LogP contribution is -2.31. The normalized spacial score (nSPS) is 18.1. The van der Waals surface area contributed by atoms with E-state index in [0.717, 1.165) is 24.1 Å². The van der Waals surface area contributed by atoms with E-state index in [-0.39, 0.29) is 6.04 Å². The maximum atomic E-state index is 4.59. The minimum atomic E-state index is 0.219. The molecule has 0 fully saturated rings. The van der Waals surface area contributed by atoms with Crippen LogP contribution < -0.4 is 10.6 Å². The number of allylic oxidation sites excluding steroid dienone is 1. The highest BCUT2D eigenvalue weighted by Crippen LogP contribution is 2.13. The number of aliphatic imine (C=N–C) groups is 1. The van der Waals surface area contributed by atoms with Gasteiger partial charge < -0.3 is 10.6 Å². The molecule has 4 nitrogen and oxygen atoms in total. The molecule has 1 aliphatic rings. The average molecular weight is 298 g/mol. The van der Waals surface area contributed by atoms with Gasteiger partial charge in [0.15, 0.2) is 0 Å². The molecule has 0 radical (unpaired) electrons. The van der Waals surface area contributed by atoms with Gasteiger partial charge >= 0.3 is 0 Å². The van der Waals surface area contributed by atoms with Gasteiger partial charge in [0.05, 0.1) is 12.6 Å². The molecular weight excluding hydrogens is 272 g/mol. The Morgan fingerprint density at radius 2 is 2.23 bits per heavy atom. The van der Waals surface area contributed by atoms with Crippen LogP contribution in [0.5, 0.6) is 0 Å². The van der Waals surface area contributed by atoms with Crippen LogP contribution in [0.1, 0.15) is 37.1 Å². The van der Waals surface area contributed by atoms with Crippen LogP contribution in [-0.4, -0.2) is 24.3 Å². The number of aryl methyl sites for hydroxylation is 2. The van der Waals surface area contributed by atoms with Crippen molar-refractivity contribution in [2.45, 2.75) is 46.2 Å². The molecule has 0 saturated heterocycles. The van der Waals surface area contributed by atoms with Crippen molar-refractivity contribution in [3.8, 4) is 0 Å². The highest BCUT2D eigenvalue weighted by molar-refractivity contribution is 5.82. The Kier molecular flexibility index (Phi) is 5.90. The minimum Gasteiger partial charge on any atom is -0.365 e. The second-order valence-electron chi connectivity index (χ2n) is 5.68. The van der Waals surface area contributed by atoms with E-state index in [1.807, 2.05) is 25.7 Å². The van der Waals surface area contributed by atoms with Crippen LogP contribution in [-0.2, 0) is 13.0 Å². The van der Waals surface area contributed by atoms with E-state index in [2.05, 4.69) is 53.5 Å². The lowest BCUT2D eigenvalue weighted by Gasteiger charge is -2.20. The first-order chi connectivity index (χ1) is 10.7. The van der Waals surface area contributed by atoms with Gasteiger partial charge in [-0.1, -0.05) is 19.4 Å². The number of likely N-dealkylation sites (N-methyl/N-ethyl adjacent to an activating group) is 1. The van der Waals surface area contributed by atoms with Crippen molar-refractivity contribution in [3.05, 3.63) is 52.6 Å². The van der Waals surface area contributed by atoms with Crippen molar-refractivity contribution in [2.75, 3.05) is 7.05 Å². The number of hydrogen-bond donors (Lipinski definition) is 2. The fraction of sp³-hybridized carbons (Fsp3) is 0.444. The number of hydrogen-bond acceptors (Lipinski definition) is 4. The molecule has 0 amide bonds. The smallest absolute Gasteiger partial charge is 0.0654 e. The zero-order chi connectivity index (χ0) is 15.9. The molecule has 0 bridgehead atoms. The first-order valence-corrected chi connectivity index (χ1v) is 7.91. The van der Waals surface area contributed by atoms with Gasteiger partial charge in [0, 0.05) is 29.4 Å². The van der Waals surface area contributed by atoms with Crippen LogP contribution >= 0.6 is 0 Å². The van der Waals surface area contributed by atoms with Gasteiger partial charge in [0.1, 0.15) is 0 Å². The van der Waals surface area contributed by atoms with Crippen LogP contribution in [0.4, 0.5) is 0 Å². The van der Waals surface area contributed by atoms with E-state index in [4.69, 9.17) is 0 Å². The molecule has 1 aromatic heterocycles. The van der Waals surface area contributed by atoms with Crippen molar-refractivity contribution in [3.63, 3.8) is 0 Å². The van der Waals surface area contributed by atoms with Gasteiger partial charge in [-0.3, -0.25) is 9.98 Å². The first-order valence-electron chi connectivity index (χ1n) is 7.91. The first kappa shape index (κ1) is 16.4. The van der Waals surface area contributed by atoms with Crippen molar-refractivity contribution < 1.29 is 0 Å². The molecule has 2 heterocycles. The van der Waals surface area contributed by atoms with E-state index in [9.17, 15) is 0 Å². The molecule has 0 aliphatic carbocycles. The van der Waals surface area contributed by atoms with E-state index in [1.165, 1.54) is 16.8 Å². The molecule has 1 unspecified atom stereocenters. The van der Waals surface area contributed by atoms with Crippen LogP contribution in [0.2, 0.25) is 0 Å². The summed E-state index contributed by atoms with van der Waals surface area (Å²) in [6.45, 7) is 7.04. The number of dihydropyridines is 1. The van der Waals surface area contributed by atoms with E-state index in [0.29, 0.717) is 6.54 Å². The molecule has 4 heteroatoms. The van der Waals surface area contributed by atoms with Gasteiger partial charge in [-0.15, -0.1) is 0 Å². The molecule has 118 valence electrons. The molecule has 2 N–H and O–H groups in total. The number of nitrogens with one attached hydrogen (secondary N) is 2. The van der Waals surface area contributed by atoms with Crippen molar-refractivity contribution >= 4 is 6.21 Å². The summed E-state index contributed by atoms with van der Waals surface area (Å²) in [5, 5.41) is 6.51. The largest absolute Gasteiger partial charge is 0.365 e. The highest BCUT2D eigenvalue weighted by atomic mass is 14.9. The second kappa shape index (κ2) is 7.90. The van der Waals surface area contributed by atoms with Crippen LogP contribution in [0.3, 0.4) is 0 Å². The maximum Gasteiger partial charge on any atom is 0.0654 e. The SMILES string of the molecule is CCCc1ncc(CN=CC2=C(C)NC=CC2NC)cc1C. The summed E-state index contributed by atoms with van der Waals surface area (Å²) < 4.78 is 0. The maximum absolute atomic E-state index is 4.59. The molecule has 0 spiro atoms. The van der Waals surface area contributed by atoms with Crippen LogP contribution in [0.15, 0.2) is 40.8 Å². The van der Waals surface area contributed by atoms with Gasteiger partial charge in [-0.2, -0.15) is 0 Å². The minimum absolute atomic E-state index is 0.219. The van der Waals surface area contributed by atoms with Gasteiger partial charge in [0.25, 0.3) is 0 Å². The molecule has 22 heavy (non-hydrogen) atoms. The summed E-state index contributed by atoms with van der Waals surface area (Å²) in [5.41, 5.74) is 5.94. The Morgan fingerprint density at radius 1 is 1.41 bits per heavy atom. The number of aromatic nitrogens is 1. The summed E-state index contributed by atoms with van der Waals surface area (Å²) >= 11 is 0. The van der Waals surface area contributed by atoms with Gasteiger partial charge in [-0.25, -0.2) is 0 Å². The fourth-order valence-corrected chi connectivity index (χ4v) is 2.61. The molecule has 0 aromatic carbocycles. The third-order valence-corrected chi connectivity index (χ3v) is 3.90. The van der Waals surface area contributed by atoms with Crippen molar-refractivity contribution in [2.24, 2.45) is 4.99 Å². The molecule has 1 aliphatic heterocycles. The Morgan fingerprint density at radius 3 is 2.91 bits per heavy atom. The molecule has 1 aromatic rings. The Bertz CT molecular complexity index is 599. The van der Waals surface area contributed by atoms with E-state index >= 15 is 0 Å². The fourth-order valence-electron chi connectivity index (χ4n) is 2.61. The Labute approximate surface area is 133 Å². The average Bonchev–Trinajstić information content (AvgIpc) is 2.51. The third kappa shape index (κ3) is 4.04. The van der Waals surface area contributed by atoms with Gasteiger partial charge in [0.2, 0.25) is 0 Å². The summed E-state index contributed by atoms with van der Waals surface area (Å²) in [5.74, 6) is 0. The van der Waals surface area contributed by atoms with E-state index in [1.54, 1.807) is 0 Å². The number of rotatable bonds is 6. The van der Waals surface area contributed by atoms with Crippen molar-refractivity contribution in [1.82, 2.24) is 15.6 Å². The second-order valence-corrected chi connectivity index (χ2v) is 5.68. The zero-order valence-electron chi connectivity index (χ0n) is 14.0. The lowest BCUT2D eigenvalue weighted by atomic mass is 10.0. The highest BCUT2D eigenvalue weighted by Gasteiger charge is 2.13. The lowest BCUT2D eigenvalue weighted by molar-refractivity contribution is 0.739. The summed E-state index contributed by atoms with van der Waals surface area (Å²) in [6.07, 6.45) is 10.1. The predicted molar refractivity (Wildman–Crippen MR) is 93.0 cm³/mol. The number of pyridine rings is 1.